The van der Waals surface area contributed by atoms with Gasteiger partial charge in [-0.15, -0.1) is 0 Å². The molecule has 0 spiro atoms. The van der Waals surface area contributed by atoms with Gasteiger partial charge in [0, 0.05) is 30.2 Å². The van der Waals surface area contributed by atoms with Gasteiger partial charge in [-0.2, -0.15) is 0 Å². The Labute approximate surface area is 160 Å². The van der Waals surface area contributed by atoms with Crippen LogP contribution in [0.5, 0.6) is 5.75 Å². The minimum absolute atomic E-state index is 0.0592. The lowest BCUT2D eigenvalue weighted by atomic mass is 9.93. The van der Waals surface area contributed by atoms with Gasteiger partial charge in [0.1, 0.15) is 12.4 Å². The van der Waals surface area contributed by atoms with E-state index in [-0.39, 0.29) is 23.5 Å². The summed E-state index contributed by atoms with van der Waals surface area (Å²) in [5, 5.41) is 8.79. The normalized spacial score (nSPS) is 18.1. The summed E-state index contributed by atoms with van der Waals surface area (Å²) in [6, 6.07) is 4.85. The summed E-state index contributed by atoms with van der Waals surface area (Å²) in [7, 11) is 0. The van der Waals surface area contributed by atoms with Gasteiger partial charge in [0.2, 0.25) is 5.91 Å². The summed E-state index contributed by atoms with van der Waals surface area (Å²) >= 11 is 0. The minimum Gasteiger partial charge on any atom is -0.491 e. The van der Waals surface area contributed by atoms with Gasteiger partial charge in [-0.05, 0) is 46.2 Å². The summed E-state index contributed by atoms with van der Waals surface area (Å²) < 4.78 is 11.6. The van der Waals surface area contributed by atoms with Crippen molar-refractivity contribution in [3.8, 4) is 5.75 Å². The van der Waals surface area contributed by atoms with Gasteiger partial charge >= 0.3 is 0 Å². The fourth-order valence-corrected chi connectivity index (χ4v) is 3.52. The van der Waals surface area contributed by atoms with E-state index in [0.29, 0.717) is 37.5 Å². The molecule has 150 valence electrons. The zero-order chi connectivity index (χ0) is 20.2. The lowest BCUT2D eigenvalue weighted by Gasteiger charge is -2.33. The first kappa shape index (κ1) is 21.2. The van der Waals surface area contributed by atoms with Crippen molar-refractivity contribution in [2.75, 3.05) is 13.2 Å². The summed E-state index contributed by atoms with van der Waals surface area (Å²) in [5.41, 5.74) is 2.39. The molecule has 2 N–H and O–H groups in total. The molecule has 0 aliphatic carbocycles. The van der Waals surface area contributed by atoms with Crippen LogP contribution >= 0.6 is 0 Å². The molecule has 1 aliphatic heterocycles. The maximum atomic E-state index is 13.1. The van der Waals surface area contributed by atoms with E-state index in [1.54, 1.807) is 23.7 Å². The van der Waals surface area contributed by atoms with Crippen molar-refractivity contribution in [1.29, 1.82) is 0 Å². The van der Waals surface area contributed by atoms with Crippen LogP contribution in [0.4, 0.5) is 0 Å². The van der Waals surface area contributed by atoms with Crippen molar-refractivity contribution in [2.45, 2.75) is 59.2 Å². The van der Waals surface area contributed by atoms with E-state index in [2.05, 4.69) is 0 Å². The number of hydrogen-bond donors (Lipinski definition) is 2. The van der Waals surface area contributed by atoms with Crippen LogP contribution in [0, 0.1) is 5.92 Å². The van der Waals surface area contributed by atoms with Gasteiger partial charge in [0.25, 0.3) is 5.91 Å². The van der Waals surface area contributed by atoms with Gasteiger partial charge in [0.15, 0.2) is 0 Å². The Morgan fingerprint density at radius 2 is 2.15 bits per heavy atom. The SMILES string of the molecule is CCOC(C)(C)CC(C)C(=O)N1Cc2ccc(C(=O)NO)cc2OC[C@@H]1C. The third-order valence-corrected chi connectivity index (χ3v) is 4.82. The van der Waals surface area contributed by atoms with Crippen LogP contribution in [-0.4, -0.2) is 46.8 Å². The summed E-state index contributed by atoms with van der Waals surface area (Å²) in [4.78, 5) is 26.5. The van der Waals surface area contributed by atoms with Crippen LogP contribution < -0.4 is 10.2 Å². The molecule has 1 heterocycles. The molecule has 0 saturated heterocycles. The van der Waals surface area contributed by atoms with Gasteiger partial charge in [-0.1, -0.05) is 13.0 Å². The number of hydroxylamine groups is 1. The predicted octanol–water partition coefficient (Wildman–Crippen LogP) is 2.76. The maximum absolute atomic E-state index is 13.1. The molecule has 2 amide bonds. The highest BCUT2D eigenvalue weighted by molar-refractivity contribution is 5.93. The first-order valence-electron chi connectivity index (χ1n) is 9.33. The van der Waals surface area contributed by atoms with Crippen LogP contribution in [-0.2, 0) is 16.1 Å². The second-order valence-corrected chi connectivity index (χ2v) is 7.69. The summed E-state index contributed by atoms with van der Waals surface area (Å²) in [5.74, 6) is -0.169. The maximum Gasteiger partial charge on any atom is 0.274 e. The number of ether oxygens (including phenoxy) is 2. The summed E-state index contributed by atoms with van der Waals surface area (Å²) in [6.07, 6.45) is 0.631. The summed E-state index contributed by atoms with van der Waals surface area (Å²) in [6.45, 7) is 11.2. The third kappa shape index (κ3) is 5.20. The highest BCUT2D eigenvalue weighted by Gasteiger charge is 2.32. The van der Waals surface area contributed by atoms with Crippen molar-refractivity contribution >= 4 is 11.8 Å². The molecule has 0 fully saturated rings. The number of benzene rings is 1. The molecule has 1 aliphatic rings. The Bertz CT molecular complexity index is 689. The molecule has 0 saturated carbocycles. The molecular weight excluding hydrogens is 348 g/mol. The molecule has 1 aromatic carbocycles. The molecule has 2 rings (SSSR count). The number of rotatable bonds is 6. The van der Waals surface area contributed by atoms with E-state index < -0.39 is 5.91 Å². The topological polar surface area (TPSA) is 88.1 Å². The molecule has 2 atom stereocenters. The Hall–Kier alpha value is -2.12. The smallest absolute Gasteiger partial charge is 0.274 e. The van der Waals surface area contributed by atoms with Crippen LogP contribution in [0.1, 0.15) is 57.0 Å². The second-order valence-electron chi connectivity index (χ2n) is 7.69. The van der Waals surface area contributed by atoms with Gasteiger partial charge in [-0.3, -0.25) is 14.8 Å². The highest BCUT2D eigenvalue weighted by Crippen LogP contribution is 2.29. The molecule has 27 heavy (non-hydrogen) atoms. The molecule has 1 unspecified atom stereocenters. The van der Waals surface area contributed by atoms with E-state index >= 15 is 0 Å². The molecule has 1 aromatic rings. The zero-order valence-corrected chi connectivity index (χ0v) is 16.7. The molecule has 0 bridgehead atoms. The highest BCUT2D eigenvalue weighted by atomic mass is 16.5. The largest absolute Gasteiger partial charge is 0.491 e. The van der Waals surface area contributed by atoms with E-state index in [4.69, 9.17) is 14.7 Å². The van der Waals surface area contributed by atoms with E-state index in [0.717, 1.165) is 5.56 Å². The number of carbonyl (C=O) groups excluding carboxylic acids is 2. The Kier molecular flexibility index (Phi) is 6.84. The fourth-order valence-electron chi connectivity index (χ4n) is 3.52. The average Bonchev–Trinajstić information content (AvgIpc) is 2.78. The lowest BCUT2D eigenvalue weighted by Crippen LogP contribution is -2.44. The molecule has 0 radical (unpaired) electrons. The monoisotopic (exact) mass is 378 g/mol. The van der Waals surface area contributed by atoms with Crippen molar-refractivity contribution < 1.29 is 24.3 Å². The van der Waals surface area contributed by atoms with Crippen molar-refractivity contribution in [3.63, 3.8) is 0 Å². The Morgan fingerprint density at radius 3 is 2.78 bits per heavy atom. The molecule has 7 heteroatoms. The molecular formula is C20H30N2O5. The predicted molar refractivity (Wildman–Crippen MR) is 101 cm³/mol. The van der Waals surface area contributed by atoms with Gasteiger partial charge in [-0.25, -0.2) is 5.48 Å². The van der Waals surface area contributed by atoms with Crippen LogP contribution in [0.25, 0.3) is 0 Å². The van der Waals surface area contributed by atoms with E-state index in [9.17, 15) is 9.59 Å². The fraction of sp³-hybridized carbons (Fsp3) is 0.600. The average molecular weight is 378 g/mol. The number of nitrogens with zero attached hydrogens (tertiary/aromatic N) is 1. The van der Waals surface area contributed by atoms with Crippen LogP contribution in [0.3, 0.4) is 0 Å². The van der Waals surface area contributed by atoms with Crippen molar-refractivity contribution in [1.82, 2.24) is 10.4 Å². The number of nitrogens with one attached hydrogen (secondary N) is 1. The minimum atomic E-state index is -0.599. The lowest BCUT2D eigenvalue weighted by molar-refractivity contribution is -0.140. The Morgan fingerprint density at radius 1 is 1.44 bits per heavy atom. The standard InChI is InChI=1S/C20H30N2O5/c1-6-27-20(4,5)10-13(2)19(24)22-11-16-8-7-15(18(23)21-25)9-17(16)26-12-14(22)3/h7-9,13-14,25H,6,10-12H2,1-5H3,(H,21,23)/t13?,14-/m0/s1. The second kappa shape index (κ2) is 8.71. The van der Waals surface area contributed by atoms with E-state index in [1.165, 1.54) is 0 Å². The number of amides is 2. The number of carbonyl (C=O) groups is 2. The quantitative estimate of drug-likeness (QED) is 0.587. The Balaban J connectivity index is 2.18. The third-order valence-electron chi connectivity index (χ3n) is 4.82. The molecule has 7 nitrogen and oxygen atoms in total. The molecule has 0 aromatic heterocycles. The number of hydrogen-bond acceptors (Lipinski definition) is 5. The first-order valence-corrected chi connectivity index (χ1v) is 9.33. The van der Waals surface area contributed by atoms with Crippen molar-refractivity contribution in [2.24, 2.45) is 5.92 Å². The van der Waals surface area contributed by atoms with Gasteiger partial charge < -0.3 is 14.4 Å². The first-order chi connectivity index (χ1) is 12.7. The van der Waals surface area contributed by atoms with Crippen LogP contribution in [0.2, 0.25) is 0 Å². The van der Waals surface area contributed by atoms with Gasteiger partial charge in [0.05, 0.1) is 11.6 Å². The van der Waals surface area contributed by atoms with Crippen LogP contribution in [0.15, 0.2) is 18.2 Å². The number of fused-ring (bicyclic) bond motifs is 1. The van der Waals surface area contributed by atoms with E-state index in [1.807, 2.05) is 39.5 Å². The zero-order valence-electron chi connectivity index (χ0n) is 16.7. The van der Waals surface area contributed by atoms with Crippen molar-refractivity contribution in [3.05, 3.63) is 29.3 Å².